The second kappa shape index (κ2) is 6.43. The number of rotatable bonds is 4. The van der Waals surface area contributed by atoms with Crippen LogP contribution in [0, 0.1) is 0 Å². The van der Waals surface area contributed by atoms with Gasteiger partial charge in [-0.25, -0.2) is 0 Å². The molecule has 2 rings (SSSR count). The van der Waals surface area contributed by atoms with Crippen molar-refractivity contribution in [3.63, 3.8) is 0 Å². The highest BCUT2D eigenvalue weighted by Crippen LogP contribution is 2.32. The van der Waals surface area contributed by atoms with Crippen molar-refractivity contribution in [2.75, 3.05) is 0 Å². The van der Waals surface area contributed by atoms with Gasteiger partial charge in [0.15, 0.2) is 5.84 Å². The van der Waals surface area contributed by atoms with Gasteiger partial charge in [-0.3, -0.25) is 0 Å². The largest absolute Gasteiger partial charge is 0.456 e. The van der Waals surface area contributed by atoms with Crippen LogP contribution in [0.3, 0.4) is 0 Å². The summed E-state index contributed by atoms with van der Waals surface area (Å²) in [6.07, 6.45) is 0.899. The number of nitrogens with two attached hydrogens (primary N) is 1. The molecule has 0 heterocycles. The van der Waals surface area contributed by atoms with E-state index in [0.717, 1.165) is 22.2 Å². The van der Waals surface area contributed by atoms with Crippen molar-refractivity contribution in [3.8, 4) is 11.5 Å². The summed E-state index contributed by atoms with van der Waals surface area (Å²) in [6, 6.07) is 13.2. The minimum absolute atomic E-state index is 0.0613. The summed E-state index contributed by atoms with van der Waals surface area (Å²) in [4.78, 5) is 0. The molecule has 0 bridgehead atoms. The third-order valence-electron chi connectivity index (χ3n) is 2.91. The summed E-state index contributed by atoms with van der Waals surface area (Å²) in [6.45, 7) is 2.08. The Hall–Kier alpha value is -2.01. The molecule has 0 aromatic heterocycles. The van der Waals surface area contributed by atoms with Gasteiger partial charge in [0.1, 0.15) is 11.5 Å². The van der Waals surface area contributed by atoms with Crippen molar-refractivity contribution < 1.29 is 9.94 Å². The second-order valence-electron chi connectivity index (χ2n) is 4.19. The summed E-state index contributed by atoms with van der Waals surface area (Å²) in [5, 5.41) is 11.6. The first-order chi connectivity index (χ1) is 9.65. The first-order valence-electron chi connectivity index (χ1n) is 6.19. The highest BCUT2D eigenvalue weighted by atomic mass is 79.9. The van der Waals surface area contributed by atoms with Crippen LogP contribution in [-0.2, 0) is 6.42 Å². The van der Waals surface area contributed by atoms with Gasteiger partial charge in [-0.15, -0.1) is 0 Å². The molecule has 4 nitrogen and oxygen atoms in total. The zero-order valence-electron chi connectivity index (χ0n) is 11.0. The number of halogens is 1. The number of oxime groups is 1. The van der Waals surface area contributed by atoms with Crippen LogP contribution in [0.4, 0.5) is 0 Å². The molecule has 0 spiro atoms. The van der Waals surface area contributed by atoms with E-state index in [1.807, 2.05) is 24.3 Å². The van der Waals surface area contributed by atoms with Gasteiger partial charge in [-0.1, -0.05) is 30.3 Å². The minimum Gasteiger partial charge on any atom is -0.456 e. The molecule has 0 radical (unpaired) electrons. The number of para-hydroxylation sites is 1. The zero-order chi connectivity index (χ0) is 14.5. The summed E-state index contributed by atoms with van der Waals surface area (Å²) < 4.78 is 6.65. The monoisotopic (exact) mass is 334 g/mol. The van der Waals surface area contributed by atoms with E-state index in [1.165, 1.54) is 0 Å². The van der Waals surface area contributed by atoms with Crippen LogP contribution < -0.4 is 10.5 Å². The van der Waals surface area contributed by atoms with E-state index < -0.39 is 0 Å². The first-order valence-corrected chi connectivity index (χ1v) is 6.98. The van der Waals surface area contributed by atoms with Crippen LogP contribution in [0.2, 0.25) is 0 Å². The van der Waals surface area contributed by atoms with Crippen LogP contribution in [0.25, 0.3) is 0 Å². The fraction of sp³-hybridized carbons (Fsp3) is 0.133. The molecule has 0 aliphatic carbocycles. The van der Waals surface area contributed by atoms with Crippen molar-refractivity contribution in [3.05, 3.63) is 58.1 Å². The Labute approximate surface area is 126 Å². The van der Waals surface area contributed by atoms with E-state index in [-0.39, 0.29) is 5.84 Å². The molecule has 0 atom stereocenters. The molecular formula is C15H15BrN2O2. The van der Waals surface area contributed by atoms with Gasteiger partial charge >= 0.3 is 0 Å². The number of aryl methyl sites for hydroxylation is 1. The molecule has 3 N–H and O–H groups in total. The van der Waals surface area contributed by atoms with Crippen LogP contribution in [-0.4, -0.2) is 11.0 Å². The van der Waals surface area contributed by atoms with E-state index in [4.69, 9.17) is 15.7 Å². The first kappa shape index (κ1) is 14.4. The fourth-order valence-electron chi connectivity index (χ4n) is 1.81. The van der Waals surface area contributed by atoms with E-state index in [9.17, 15) is 0 Å². The Morgan fingerprint density at radius 1 is 1.25 bits per heavy atom. The molecule has 0 saturated heterocycles. The maximum absolute atomic E-state index is 8.67. The Morgan fingerprint density at radius 2 is 2.00 bits per heavy atom. The fourth-order valence-corrected chi connectivity index (χ4v) is 2.27. The van der Waals surface area contributed by atoms with Crippen LogP contribution in [0.15, 0.2) is 52.1 Å². The Kier molecular flexibility index (Phi) is 4.63. The molecule has 0 saturated carbocycles. The van der Waals surface area contributed by atoms with Crippen molar-refractivity contribution in [1.29, 1.82) is 0 Å². The lowest BCUT2D eigenvalue weighted by Gasteiger charge is -2.12. The summed E-state index contributed by atoms with van der Waals surface area (Å²) in [7, 11) is 0. The molecule has 0 aliphatic rings. The van der Waals surface area contributed by atoms with E-state index in [1.54, 1.807) is 18.2 Å². The number of benzene rings is 2. The predicted molar refractivity (Wildman–Crippen MR) is 82.5 cm³/mol. The van der Waals surface area contributed by atoms with E-state index in [2.05, 4.69) is 28.0 Å². The minimum atomic E-state index is 0.0613. The van der Waals surface area contributed by atoms with Gasteiger partial charge in [0, 0.05) is 5.56 Å². The molecule has 2 aromatic carbocycles. The maximum atomic E-state index is 8.67. The van der Waals surface area contributed by atoms with Crippen LogP contribution in [0.5, 0.6) is 11.5 Å². The predicted octanol–water partition coefficient (Wildman–Crippen LogP) is 3.90. The lowest BCUT2D eigenvalue weighted by atomic mass is 10.1. The third kappa shape index (κ3) is 3.11. The SMILES string of the molecule is CCc1ccccc1Oc1ccc(/C(N)=N/O)cc1Br. The summed E-state index contributed by atoms with van der Waals surface area (Å²) in [5.74, 6) is 1.57. The number of ether oxygens (including phenoxy) is 1. The maximum Gasteiger partial charge on any atom is 0.170 e. The van der Waals surface area contributed by atoms with Gasteiger partial charge in [0.2, 0.25) is 0 Å². The van der Waals surface area contributed by atoms with Gasteiger partial charge in [0.05, 0.1) is 4.47 Å². The highest BCUT2D eigenvalue weighted by molar-refractivity contribution is 9.10. The quantitative estimate of drug-likeness (QED) is 0.385. The Morgan fingerprint density at radius 3 is 2.65 bits per heavy atom. The standard InChI is InChI=1S/C15H15BrN2O2/c1-2-10-5-3-4-6-13(10)20-14-8-7-11(9-12(14)16)15(17)18-19/h3-9,19H,2H2,1H3,(H2,17,18). The molecule has 5 heteroatoms. The van der Waals surface area contributed by atoms with Crippen molar-refractivity contribution in [1.82, 2.24) is 0 Å². The average Bonchev–Trinajstić information content (AvgIpc) is 2.49. The van der Waals surface area contributed by atoms with Crippen LogP contribution in [0.1, 0.15) is 18.1 Å². The molecular weight excluding hydrogens is 320 g/mol. The Bertz CT molecular complexity index is 642. The van der Waals surface area contributed by atoms with Gasteiger partial charge in [0.25, 0.3) is 0 Å². The third-order valence-corrected chi connectivity index (χ3v) is 3.53. The smallest absolute Gasteiger partial charge is 0.170 e. The van der Waals surface area contributed by atoms with E-state index in [0.29, 0.717) is 11.3 Å². The highest BCUT2D eigenvalue weighted by Gasteiger charge is 2.08. The number of nitrogens with zero attached hydrogens (tertiary/aromatic N) is 1. The van der Waals surface area contributed by atoms with Crippen molar-refractivity contribution in [2.45, 2.75) is 13.3 Å². The number of hydrogen-bond acceptors (Lipinski definition) is 3. The molecule has 0 amide bonds. The molecule has 0 aliphatic heterocycles. The van der Waals surface area contributed by atoms with Crippen LogP contribution >= 0.6 is 15.9 Å². The lowest BCUT2D eigenvalue weighted by molar-refractivity contribution is 0.318. The average molecular weight is 335 g/mol. The normalized spacial score (nSPS) is 11.4. The van der Waals surface area contributed by atoms with Gasteiger partial charge < -0.3 is 15.7 Å². The van der Waals surface area contributed by atoms with Crippen molar-refractivity contribution in [2.24, 2.45) is 10.9 Å². The summed E-state index contributed by atoms with van der Waals surface area (Å²) >= 11 is 3.43. The molecule has 0 unspecified atom stereocenters. The van der Waals surface area contributed by atoms with Gasteiger partial charge in [-0.2, -0.15) is 0 Å². The van der Waals surface area contributed by atoms with Gasteiger partial charge in [-0.05, 0) is 52.2 Å². The molecule has 20 heavy (non-hydrogen) atoms. The zero-order valence-corrected chi connectivity index (χ0v) is 12.6. The van der Waals surface area contributed by atoms with Crippen molar-refractivity contribution >= 4 is 21.8 Å². The number of hydrogen-bond donors (Lipinski definition) is 2. The summed E-state index contributed by atoms with van der Waals surface area (Å²) in [5.41, 5.74) is 7.31. The topological polar surface area (TPSA) is 67.8 Å². The van der Waals surface area contributed by atoms with E-state index >= 15 is 0 Å². The lowest BCUT2D eigenvalue weighted by Crippen LogP contribution is -2.12. The Balaban J connectivity index is 2.30. The second-order valence-corrected chi connectivity index (χ2v) is 5.05. The molecule has 2 aromatic rings. The molecule has 104 valence electrons. The number of amidine groups is 1. The molecule has 0 fully saturated rings.